The average Bonchev–Trinajstić information content (AvgIpc) is 3.29. The summed E-state index contributed by atoms with van der Waals surface area (Å²) in [6.07, 6.45) is 10.2. The number of rotatable bonds is 4. The smallest absolute Gasteiger partial charge is 0.295 e. The maximum atomic E-state index is 13.0. The van der Waals surface area contributed by atoms with E-state index in [0.29, 0.717) is 12.4 Å². The van der Waals surface area contributed by atoms with Crippen molar-refractivity contribution in [3.8, 4) is 0 Å². The van der Waals surface area contributed by atoms with Crippen LogP contribution in [-0.4, -0.2) is 24.0 Å². The molecule has 2 aromatic rings. The molecule has 0 saturated carbocycles. The van der Waals surface area contributed by atoms with Crippen molar-refractivity contribution in [2.45, 2.75) is 52.5 Å². The average molecular weight is 371 g/mol. The third-order valence-corrected chi connectivity index (χ3v) is 6.84. The number of carbonyl (C=O) groups is 1. The van der Waals surface area contributed by atoms with Crippen molar-refractivity contribution in [1.82, 2.24) is 4.90 Å². The van der Waals surface area contributed by atoms with Gasteiger partial charge in [0.05, 0.1) is 12.9 Å². The number of amides is 1. The van der Waals surface area contributed by atoms with Crippen LogP contribution in [0.25, 0.3) is 0 Å². The Labute approximate surface area is 159 Å². The van der Waals surface area contributed by atoms with E-state index in [0.717, 1.165) is 24.5 Å². The molecule has 2 aromatic heterocycles. The highest BCUT2D eigenvalue weighted by molar-refractivity contribution is 7.16. The van der Waals surface area contributed by atoms with E-state index >= 15 is 0 Å². The van der Waals surface area contributed by atoms with Crippen LogP contribution in [0.2, 0.25) is 0 Å². The summed E-state index contributed by atoms with van der Waals surface area (Å²) in [4.78, 5) is 18.6. The van der Waals surface area contributed by atoms with Gasteiger partial charge in [-0.1, -0.05) is 11.6 Å². The molecule has 0 N–H and O–H groups in total. The maximum Gasteiger partial charge on any atom is 0.295 e. The van der Waals surface area contributed by atoms with Gasteiger partial charge in [0.25, 0.3) is 5.91 Å². The van der Waals surface area contributed by atoms with Crippen LogP contribution in [-0.2, 0) is 6.54 Å². The van der Waals surface area contributed by atoms with Gasteiger partial charge >= 0.3 is 0 Å². The molecule has 0 unspecified atom stereocenters. The first kappa shape index (κ1) is 17.6. The van der Waals surface area contributed by atoms with E-state index in [9.17, 15) is 4.79 Å². The van der Waals surface area contributed by atoms with E-state index in [2.05, 4.69) is 24.8 Å². The Kier molecular flexibility index (Phi) is 5.00. The van der Waals surface area contributed by atoms with Crippen LogP contribution in [0.3, 0.4) is 0 Å². The van der Waals surface area contributed by atoms with E-state index in [1.54, 1.807) is 35.3 Å². The summed E-state index contributed by atoms with van der Waals surface area (Å²) in [7, 11) is 0. The van der Waals surface area contributed by atoms with Gasteiger partial charge in [-0.3, -0.25) is 14.6 Å². The zero-order chi connectivity index (χ0) is 18.1. The molecule has 5 heteroatoms. The Hall–Kier alpha value is -1.85. The molecule has 1 amide bonds. The second-order valence-corrected chi connectivity index (χ2v) is 8.53. The summed E-state index contributed by atoms with van der Waals surface area (Å²) in [5, 5.41) is 1.09. The van der Waals surface area contributed by atoms with Gasteiger partial charge in [0.1, 0.15) is 5.00 Å². The van der Waals surface area contributed by atoms with Gasteiger partial charge < -0.3 is 4.42 Å². The fraction of sp³-hybridized carbons (Fsp3) is 0.476. The Morgan fingerprint density at radius 3 is 2.92 bits per heavy atom. The van der Waals surface area contributed by atoms with E-state index in [-0.39, 0.29) is 5.91 Å². The quantitative estimate of drug-likeness (QED) is 0.688. The zero-order valence-corrected chi connectivity index (χ0v) is 16.4. The second-order valence-electron chi connectivity index (χ2n) is 7.33. The molecule has 0 fully saturated rings. The van der Waals surface area contributed by atoms with Crippen LogP contribution in [0, 0.1) is 13.8 Å². The summed E-state index contributed by atoms with van der Waals surface area (Å²) in [5.74, 6) is 0.371. The number of nitrogens with zero attached hydrogens (tertiary/aromatic N) is 2. The van der Waals surface area contributed by atoms with Crippen molar-refractivity contribution in [2.75, 3.05) is 18.1 Å². The van der Waals surface area contributed by atoms with Gasteiger partial charge in [0.2, 0.25) is 0 Å². The van der Waals surface area contributed by atoms with Crippen LogP contribution in [0.15, 0.2) is 34.5 Å². The number of hydrogen-bond donors (Lipinski definition) is 0. The first-order valence-electron chi connectivity index (χ1n) is 9.48. The summed E-state index contributed by atoms with van der Waals surface area (Å²) >= 11 is 1.72. The molecule has 0 aromatic carbocycles. The lowest BCUT2D eigenvalue weighted by Crippen LogP contribution is -2.45. The van der Waals surface area contributed by atoms with Crippen LogP contribution in [0.4, 0.5) is 5.00 Å². The fourth-order valence-electron chi connectivity index (χ4n) is 3.87. The highest BCUT2D eigenvalue weighted by atomic mass is 32.1. The van der Waals surface area contributed by atoms with Crippen molar-refractivity contribution in [3.05, 3.63) is 51.8 Å². The fourth-order valence-corrected chi connectivity index (χ4v) is 5.03. The standard InChI is InChI=1S/C21H26N2O2S/c1-15-16(2)26-21-18(15)13-22(11-10-17-7-4-3-5-8-17)14-23(21)20(24)19-9-6-12-25-19/h6-7,9,12H,3-5,8,10-11,13-14H2,1-2H3. The molecule has 2 aliphatic rings. The summed E-state index contributed by atoms with van der Waals surface area (Å²) < 4.78 is 5.38. The minimum atomic E-state index is -0.0425. The molecule has 26 heavy (non-hydrogen) atoms. The van der Waals surface area contributed by atoms with E-state index in [1.807, 2.05) is 4.90 Å². The van der Waals surface area contributed by atoms with E-state index < -0.39 is 0 Å². The van der Waals surface area contributed by atoms with Gasteiger partial charge in [-0.05, 0) is 63.6 Å². The second kappa shape index (κ2) is 7.41. The Bertz CT molecular complexity index is 819. The number of hydrogen-bond acceptors (Lipinski definition) is 4. The van der Waals surface area contributed by atoms with Gasteiger partial charge in [-0.15, -0.1) is 11.3 Å². The highest BCUT2D eigenvalue weighted by Gasteiger charge is 2.32. The lowest BCUT2D eigenvalue weighted by Gasteiger charge is -2.35. The first-order valence-corrected chi connectivity index (χ1v) is 10.3. The lowest BCUT2D eigenvalue weighted by molar-refractivity contribution is 0.0933. The van der Waals surface area contributed by atoms with Crippen molar-refractivity contribution < 1.29 is 9.21 Å². The molecule has 3 heterocycles. The summed E-state index contributed by atoms with van der Waals surface area (Å²) in [5.41, 5.74) is 4.21. The zero-order valence-electron chi connectivity index (χ0n) is 15.6. The van der Waals surface area contributed by atoms with Crippen LogP contribution < -0.4 is 4.90 Å². The molecule has 1 aliphatic heterocycles. The Morgan fingerprint density at radius 2 is 2.19 bits per heavy atom. The maximum absolute atomic E-state index is 13.0. The van der Waals surface area contributed by atoms with Crippen LogP contribution >= 0.6 is 11.3 Å². The third-order valence-electron chi connectivity index (χ3n) is 5.57. The molecular weight excluding hydrogens is 344 g/mol. The Morgan fingerprint density at radius 1 is 1.31 bits per heavy atom. The molecule has 1 aliphatic carbocycles. The number of anilines is 1. The highest BCUT2D eigenvalue weighted by Crippen LogP contribution is 2.40. The topological polar surface area (TPSA) is 36.7 Å². The minimum Gasteiger partial charge on any atom is -0.459 e. The van der Waals surface area contributed by atoms with Crippen LogP contribution in [0.5, 0.6) is 0 Å². The van der Waals surface area contributed by atoms with Gasteiger partial charge in [-0.25, -0.2) is 0 Å². The monoisotopic (exact) mass is 370 g/mol. The van der Waals surface area contributed by atoms with E-state index in [1.165, 1.54) is 41.7 Å². The van der Waals surface area contributed by atoms with Gasteiger partial charge in [-0.2, -0.15) is 0 Å². The molecule has 0 radical (unpaired) electrons. The molecule has 0 spiro atoms. The van der Waals surface area contributed by atoms with Crippen molar-refractivity contribution in [3.63, 3.8) is 0 Å². The molecular formula is C21H26N2O2S. The summed E-state index contributed by atoms with van der Waals surface area (Å²) in [6, 6.07) is 3.53. The molecule has 0 atom stereocenters. The van der Waals surface area contributed by atoms with E-state index in [4.69, 9.17) is 4.42 Å². The normalized spacial score (nSPS) is 17.9. The molecule has 4 rings (SSSR count). The van der Waals surface area contributed by atoms with Crippen molar-refractivity contribution >= 4 is 22.2 Å². The Balaban J connectivity index is 1.56. The van der Waals surface area contributed by atoms with Gasteiger partial charge in [0, 0.05) is 23.5 Å². The largest absolute Gasteiger partial charge is 0.459 e. The number of carbonyl (C=O) groups excluding carboxylic acids is 1. The van der Waals surface area contributed by atoms with Gasteiger partial charge in [0.15, 0.2) is 5.76 Å². The summed E-state index contributed by atoms with van der Waals surface area (Å²) in [6.45, 7) is 6.89. The SMILES string of the molecule is Cc1sc2c(c1C)CN(CCC1=CCCCC1)CN2C(=O)c1ccco1. The molecule has 0 bridgehead atoms. The van der Waals surface area contributed by atoms with Crippen molar-refractivity contribution in [2.24, 2.45) is 0 Å². The number of aryl methyl sites for hydroxylation is 1. The lowest BCUT2D eigenvalue weighted by atomic mass is 9.97. The molecule has 4 nitrogen and oxygen atoms in total. The third kappa shape index (κ3) is 3.38. The minimum absolute atomic E-state index is 0.0425. The molecule has 0 saturated heterocycles. The number of fused-ring (bicyclic) bond motifs is 1. The number of thiophene rings is 1. The van der Waals surface area contributed by atoms with Crippen molar-refractivity contribution in [1.29, 1.82) is 0 Å². The molecule has 138 valence electrons. The number of allylic oxidation sites excluding steroid dienone is 1. The predicted octanol–water partition coefficient (Wildman–Crippen LogP) is 5.27. The van der Waals surface area contributed by atoms with Crippen LogP contribution in [0.1, 0.15) is 58.7 Å². The first-order chi connectivity index (χ1) is 12.6. The number of furan rings is 1. The predicted molar refractivity (Wildman–Crippen MR) is 106 cm³/mol.